The molecule has 78 valence electrons. The van der Waals surface area contributed by atoms with Gasteiger partial charge in [-0.1, -0.05) is 6.92 Å². The highest BCUT2D eigenvalue weighted by Gasteiger charge is 2.39. The summed E-state index contributed by atoms with van der Waals surface area (Å²) in [5.74, 6) is 0. The maximum atomic E-state index is 9.39. The highest BCUT2D eigenvalue weighted by Crippen LogP contribution is 2.31. The molecule has 0 spiro atoms. The van der Waals surface area contributed by atoms with Gasteiger partial charge in [0.25, 0.3) is 0 Å². The van der Waals surface area contributed by atoms with Crippen LogP contribution in [0.5, 0.6) is 0 Å². The van der Waals surface area contributed by atoms with Gasteiger partial charge in [0.1, 0.15) is 0 Å². The van der Waals surface area contributed by atoms with E-state index < -0.39 is 0 Å². The summed E-state index contributed by atoms with van der Waals surface area (Å²) < 4.78 is 5.62. The summed E-state index contributed by atoms with van der Waals surface area (Å²) in [5, 5.41) is 12.8. The third-order valence-corrected chi connectivity index (χ3v) is 2.69. The van der Waals surface area contributed by atoms with Gasteiger partial charge in [-0.05, 0) is 33.2 Å². The Balaban J connectivity index is 2.64. The van der Waals surface area contributed by atoms with E-state index in [4.69, 9.17) is 4.74 Å². The van der Waals surface area contributed by atoms with E-state index >= 15 is 0 Å². The molecule has 0 bridgehead atoms. The summed E-state index contributed by atoms with van der Waals surface area (Å²) in [5.41, 5.74) is -0.223. The molecule has 0 amide bonds. The summed E-state index contributed by atoms with van der Waals surface area (Å²) >= 11 is 0. The monoisotopic (exact) mass is 187 g/mol. The molecule has 0 radical (unpaired) electrons. The first-order chi connectivity index (χ1) is 6.04. The van der Waals surface area contributed by atoms with Crippen molar-refractivity contribution < 1.29 is 9.84 Å². The lowest BCUT2D eigenvalue weighted by molar-refractivity contribution is -0.0976. The van der Waals surface area contributed by atoms with Crippen LogP contribution in [0.4, 0.5) is 0 Å². The Bertz CT molecular complexity index is 166. The first-order valence-corrected chi connectivity index (χ1v) is 5.03. The average Bonchev–Trinajstić information content (AvgIpc) is 2.03. The van der Waals surface area contributed by atoms with Crippen LogP contribution in [0.3, 0.4) is 0 Å². The van der Waals surface area contributed by atoms with Gasteiger partial charge in [0.15, 0.2) is 0 Å². The normalized spacial score (nSPS) is 33.2. The lowest BCUT2D eigenvalue weighted by Gasteiger charge is -2.44. The fraction of sp³-hybridized carbons (Fsp3) is 1.00. The van der Waals surface area contributed by atoms with Gasteiger partial charge in [0.05, 0.1) is 12.2 Å². The summed E-state index contributed by atoms with van der Waals surface area (Å²) in [6.07, 6.45) is 1.78. The molecule has 0 saturated carbocycles. The Morgan fingerprint density at radius 1 is 1.46 bits per heavy atom. The predicted molar refractivity (Wildman–Crippen MR) is 52.8 cm³/mol. The molecule has 0 aromatic rings. The molecule has 1 rings (SSSR count). The van der Waals surface area contributed by atoms with Crippen LogP contribution in [0.15, 0.2) is 0 Å². The second-order valence-corrected chi connectivity index (χ2v) is 4.50. The van der Waals surface area contributed by atoms with Crippen molar-refractivity contribution in [3.63, 3.8) is 0 Å². The van der Waals surface area contributed by atoms with Gasteiger partial charge in [-0.2, -0.15) is 0 Å². The maximum Gasteiger partial charge on any atom is 0.0645 e. The highest BCUT2D eigenvalue weighted by atomic mass is 16.5. The molecule has 1 unspecified atom stereocenters. The fourth-order valence-corrected chi connectivity index (χ4v) is 2.19. The first-order valence-electron chi connectivity index (χ1n) is 5.03. The molecule has 1 aliphatic rings. The maximum absolute atomic E-state index is 9.39. The molecule has 1 atom stereocenters. The van der Waals surface area contributed by atoms with Crippen molar-refractivity contribution >= 4 is 0 Å². The molecular formula is C10H21NO2. The Kier molecular flexibility index (Phi) is 3.33. The number of hydrogen-bond donors (Lipinski definition) is 2. The lowest BCUT2D eigenvalue weighted by atomic mass is 9.82. The Morgan fingerprint density at radius 3 is 2.62 bits per heavy atom. The Morgan fingerprint density at radius 2 is 2.15 bits per heavy atom. The molecule has 0 aromatic heterocycles. The van der Waals surface area contributed by atoms with Gasteiger partial charge in [-0.15, -0.1) is 0 Å². The van der Waals surface area contributed by atoms with Gasteiger partial charge in [0.2, 0.25) is 0 Å². The molecule has 1 saturated heterocycles. The lowest BCUT2D eigenvalue weighted by Crippen LogP contribution is -2.57. The summed E-state index contributed by atoms with van der Waals surface area (Å²) in [6.45, 7) is 8.06. The van der Waals surface area contributed by atoms with E-state index in [1.165, 1.54) is 0 Å². The molecule has 1 heterocycles. The van der Waals surface area contributed by atoms with Crippen molar-refractivity contribution in [1.29, 1.82) is 0 Å². The van der Waals surface area contributed by atoms with E-state index in [9.17, 15) is 5.11 Å². The van der Waals surface area contributed by atoms with E-state index in [0.717, 1.165) is 26.0 Å². The number of hydrogen-bond acceptors (Lipinski definition) is 3. The van der Waals surface area contributed by atoms with Gasteiger partial charge >= 0.3 is 0 Å². The topological polar surface area (TPSA) is 41.5 Å². The zero-order valence-electron chi connectivity index (χ0n) is 8.89. The number of rotatable bonds is 3. The van der Waals surface area contributed by atoms with Crippen LogP contribution in [-0.4, -0.2) is 36.0 Å². The third-order valence-electron chi connectivity index (χ3n) is 2.69. The second-order valence-electron chi connectivity index (χ2n) is 4.50. The van der Waals surface area contributed by atoms with Crippen molar-refractivity contribution in [2.45, 2.75) is 44.8 Å². The van der Waals surface area contributed by atoms with E-state index in [-0.39, 0.29) is 17.7 Å². The van der Waals surface area contributed by atoms with E-state index in [1.807, 2.05) is 0 Å². The first kappa shape index (κ1) is 11.0. The van der Waals surface area contributed by atoms with Gasteiger partial charge in [-0.25, -0.2) is 0 Å². The van der Waals surface area contributed by atoms with Crippen molar-refractivity contribution in [2.24, 2.45) is 0 Å². The quantitative estimate of drug-likeness (QED) is 0.690. The van der Waals surface area contributed by atoms with Crippen molar-refractivity contribution in [3.8, 4) is 0 Å². The number of aliphatic hydroxyl groups is 1. The molecule has 2 N–H and O–H groups in total. The van der Waals surface area contributed by atoms with E-state index in [2.05, 4.69) is 26.1 Å². The SMILES string of the molecule is CCNC1(CO)CCOC(C)(C)C1. The summed E-state index contributed by atoms with van der Waals surface area (Å²) in [7, 11) is 0. The number of likely N-dealkylation sites (N-methyl/N-ethyl adjacent to an activating group) is 1. The number of nitrogens with one attached hydrogen (secondary N) is 1. The van der Waals surface area contributed by atoms with Crippen LogP contribution in [-0.2, 0) is 4.74 Å². The molecule has 3 heteroatoms. The van der Waals surface area contributed by atoms with Crippen molar-refractivity contribution in [1.82, 2.24) is 5.32 Å². The summed E-state index contributed by atoms with van der Waals surface area (Å²) in [6, 6.07) is 0. The fourth-order valence-electron chi connectivity index (χ4n) is 2.19. The zero-order valence-corrected chi connectivity index (χ0v) is 8.89. The number of ether oxygens (including phenoxy) is 1. The van der Waals surface area contributed by atoms with Crippen LogP contribution >= 0.6 is 0 Å². The predicted octanol–water partition coefficient (Wildman–Crippen LogP) is 0.916. The number of aliphatic hydroxyl groups excluding tert-OH is 1. The smallest absolute Gasteiger partial charge is 0.0645 e. The van der Waals surface area contributed by atoms with Crippen LogP contribution in [0.1, 0.15) is 33.6 Å². The van der Waals surface area contributed by atoms with Crippen molar-refractivity contribution in [2.75, 3.05) is 19.8 Å². The van der Waals surface area contributed by atoms with E-state index in [1.54, 1.807) is 0 Å². The molecule has 3 nitrogen and oxygen atoms in total. The van der Waals surface area contributed by atoms with Crippen LogP contribution < -0.4 is 5.32 Å². The molecule has 13 heavy (non-hydrogen) atoms. The average molecular weight is 187 g/mol. The molecule has 1 fully saturated rings. The molecule has 0 aliphatic carbocycles. The van der Waals surface area contributed by atoms with Gasteiger partial charge < -0.3 is 15.2 Å². The van der Waals surface area contributed by atoms with E-state index in [0.29, 0.717) is 0 Å². The van der Waals surface area contributed by atoms with Gasteiger partial charge in [-0.3, -0.25) is 0 Å². The van der Waals surface area contributed by atoms with Crippen molar-refractivity contribution in [3.05, 3.63) is 0 Å². The zero-order chi connectivity index (χ0) is 9.95. The Labute approximate surface area is 80.5 Å². The largest absolute Gasteiger partial charge is 0.394 e. The third kappa shape index (κ3) is 2.66. The highest BCUT2D eigenvalue weighted by molar-refractivity contribution is 4.96. The summed E-state index contributed by atoms with van der Waals surface area (Å²) in [4.78, 5) is 0. The minimum atomic E-state index is -0.115. The molecule has 1 aliphatic heterocycles. The molecular weight excluding hydrogens is 166 g/mol. The van der Waals surface area contributed by atoms with Crippen LogP contribution in [0.2, 0.25) is 0 Å². The van der Waals surface area contributed by atoms with Gasteiger partial charge in [0, 0.05) is 12.1 Å². The minimum absolute atomic E-state index is 0.108. The standard InChI is InChI=1S/C10H21NO2/c1-4-11-10(8-12)5-6-13-9(2,3)7-10/h11-12H,4-8H2,1-3H3. The van der Waals surface area contributed by atoms with Crippen LogP contribution in [0, 0.1) is 0 Å². The molecule has 0 aromatic carbocycles. The Hall–Kier alpha value is -0.120. The second kappa shape index (κ2) is 3.95. The van der Waals surface area contributed by atoms with Crippen LogP contribution in [0.25, 0.3) is 0 Å². The minimum Gasteiger partial charge on any atom is -0.394 e.